The third-order valence-electron chi connectivity index (χ3n) is 5.93. The van der Waals surface area contributed by atoms with Gasteiger partial charge in [-0.3, -0.25) is 0 Å². The van der Waals surface area contributed by atoms with Gasteiger partial charge in [0.15, 0.2) is 11.5 Å². The first-order chi connectivity index (χ1) is 17.1. The highest BCUT2D eigenvalue weighted by Crippen LogP contribution is 2.30. The number of aryl methyl sites for hydroxylation is 1. The predicted molar refractivity (Wildman–Crippen MR) is 132 cm³/mol. The molecule has 6 rings (SSSR count). The summed E-state index contributed by atoms with van der Waals surface area (Å²) < 4.78 is 7.78. The van der Waals surface area contributed by atoms with Crippen LogP contribution in [0.2, 0.25) is 0 Å². The molecule has 0 spiro atoms. The van der Waals surface area contributed by atoms with Crippen molar-refractivity contribution in [1.29, 1.82) is 0 Å². The molecule has 1 atom stereocenters. The monoisotopic (exact) mass is 468 g/mol. The zero-order valence-corrected chi connectivity index (χ0v) is 19.4. The largest absolute Gasteiger partial charge is 0.457 e. The molecular formula is C24H24N10O. The summed E-state index contributed by atoms with van der Waals surface area (Å²) in [6, 6.07) is 9.98. The molecule has 1 fully saturated rings. The highest BCUT2D eigenvalue weighted by atomic mass is 16.5. The number of anilines is 3. The Kier molecular flexibility index (Phi) is 5.30. The van der Waals surface area contributed by atoms with Gasteiger partial charge in [0.2, 0.25) is 5.95 Å². The van der Waals surface area contributed by atoms with Gasteiger partial charge in [-0.25, -0.2) is 29.4 Å². The minimum atomic E-state index is 0.384. The molecule has 0 saturated carbocycles. The Morgan fingerprint density at radius 3 is 2.91 bits per heavy atom. The van der Waals surface area contributed by atoms with Gasteiger partial charge in [0.05, 0.1) is 6.20 Å². The topological polar surface area (TPSA) is 118 Å². The Labute approximate surface area is 201 Å². The molecule has 0 amide bonds. The summed E-state index contributed by atoms with van der Waals surface area (Å²) in [6.45, 7) is 6.77. The van der Waals surface area contributed by atoms with E-state index in [0.29, 0.717) is 34.6 Å². The zero-order chi connectivity index (χ0) is 23.8. The van der Waals surface area contributed by atoms with E-state index >= 15 is 0 Å². The van der Waals surface area contributed by atoms with Crippen LogP contribution in [0.1, 0.15) is 12.5 Å². The molecule has 1 saturated heterocycles. The molecule has 0 unspecified atom stereocenters. The van der Waals surface area contributed by atoms with Crippen LogP contribution in [0.5, 0.6) is 11.5 Å². The maximum Gasteiger partial charge on any atom is 0.226 e. The molecule has 1 aliphatic rings. The minimum absolute atomic E-state index is 0.384. The molecule has 0 aliphatic carbocycles. The third-order valence-corrected chi connectivity index (χ3v) is 5.93. The van der Waals surface area contributed by atoms with Crippen molar-refractivity contribution in [3.8, 4) is 11.5 Å². The molecule has 4 aromatic heterocycles. The smallest absolute Gasteiger partial charge is 0.226 e. The number of fused-ring (bicyclic) bond motifs is 2. The number of aromatic nitrogens is 7. The standard InChI is InChI=1S/C24H24N10O/c1-15-9-17(3-4-20(15)35-18-5-7-34-21(10-18)28-14-30-34)31-23-22-19(27-13-29-23)11-26-24(32-22)33-8-6-25-16(2)12-33/h3-5,7,9-11,13-14,16,25H,6,8,12H2,1-2H3,(H,27,29,31)/t16-/m0/s1. The van der Waals surface area contributed by atoms with Crippen molar-refractivity contribution >= 4 is 34.1 Å². The maximum absolute atomic E-state index is 6.09. The van der Waals surface area contributed by atoms with E-state index in [1.807, 2.05) is 43.5 Å². The van der Waals surface area contributed by atoms with Gasteiger partial charge in [-0.1, -0.05) is 0 Å². The van der Waals surface area contributed by atoms with Gasteiger partial charge >= 0.3 is 0 Å². The quantitative estimate of drug-likeness (QED) is 0.398. The molecule has 0 bridgehead atoms. The van der Waals surface area contributed by atoms with Crippen LogP contribution in [0.4, 0.5) is 17.5 Å². The SMILES string of the molecule is Cc1cc(Nc2ncnc3cnc(N4CCN[C@@H](C)C4)nc23)ccc1Oc1ccn2ncnc2c1. The molecule has 11 heteroatoms. The Balaban J connectivity index is 1.25. The summed E-state index contributed by atoms with van der Waals surface area (Å²) in [7, 11) is 0. The van der Waals surface area contributed by atoms with Crippen LogP contribution in [0.25, 0.3) is 16.7 Å². The fourth-order valence-electron chi connectivity index (χ4n) is 4.17. The summed E-state index contributed by atoms with van der Waals surface area (Å²) in [5.74, 6) is 2.77. The average Bonchev–Trinajstić information content (AvgIpc) is 3.34. The number of hydrogen-bond acceptors (Lipinski definition) is 10. The summed E-state index contributed by atoms with van der Waals surface area (Å²) in [6.07, 6.45) is 6.61. The van der Waals surface area contributed by atoms with Crippen molar-refractivity contribution in [3.63, 3.8) is 0 Å². The third kappa shape index (κ3) is 4.28. The zero-order valence-electron chi connectivity index (χ0n) is 19.4. The molecular weight excluding hydrogens is 444 g/mol. The first kappa shape index (κ1) is 21.2. The number of benzene rings is 1. The first-order valence-electron chi connectivity index (χ1n) is 11.4. The van der Waals surface area contributed by atoms with Gasteiger partial charge in [0.1, 0.15) is 35.2 Å². The highest BCUT2D eigenvalue weighted by Gasteiger charge is 2.19. The van der Waals surface area contributed by atoms with Crippen LogP contribution in [-0.2, 0) is 0 Å². The molecule has 2 N–H and O–H groups in total. The number of nitrogens with zero attached hydrogens (tertiary/aromatic N) is 8. The highest BCUT2D eigenvalue weighted by molar-refractivity contribution is 5.87. The average molecular weight is 469 g/mol. The van der Waals surface area contributed by atoms with E-state index < -0.39 is 0 Å². The number of ether oxygens (including phenoxy) is 1. The lowest BCUT2D eigenvalue weighted by atomic mass is 10.2. The lowest BCUT2D eigenvalue weighted by Crippen LogP contribution is -2.49. The van der Waals surface area contributed by atoms with Crippen molar-refractivity contribution in [2.75, 3.05) is 29.9 Å². The molecule has 11 nitrogen and oxygen atoms in total. The van der Waals surface area contributed by atoms with Crippen LogP contribution in [-0.4, -0.2) is 60.2 Å². The minimum Gasteiger partial charge on any atom is -0.457 e. The van der Waals surface area contributed by atoms with E-state index in [1.54, 1.807) is 10.7 Å². The van der Waals surface area contributed by atoms with Crippen LogP contribution >= 0.6 is 0 Å². The van der Waals surface area contributed by atoms with E-state index in [0.717, 1.165) is 42.3 Å². The molecule has 1 aliphatic heterocycles. The van der Waals surface area contributed by atoms with Gasteiger partial charge in [0.25, 0.3) is 0 Å². The van der Waals surface area contributed by atoms with Gasteiger partial charge in [-0.05, 0) is 43.7 Å². The number of pyridine rings is 1. The number of piperazine rings is 1. The Morgan fingerprint density at radius 2 is 2.03 bits per heavy atom. The molecule has 5 heterocycles. The normalized spacial score (nSPS) is 16.1. The lowest BCUT2D eigenvalue weighted by molar-refractivity contribution is 0.478. The molecule has 0 radical (unpaired) electrons. The molecule has 1 aromatic carbocycles. The van der Waals surface area contributed by atoms with Gasteiger partial charge in [0, 0.05) is 43.6 Å². The molecule has 5 aromatic rings. The van der Waals surface area contributed by atoms with E-state index in [1.165, 1.54) is 12.7 Å². The van der Waals surface area contributed by atoms with Crippen LogP contribution in [0.15, 0.2) is 55.4 Å². The second-order valence-electron chi connectivity index (χ2n) is 8.56. The molecule has 176 valence electrons. The van der Waals surface area contributed by atoms with Crippen LogP contribution in [0, 0.1) is 6.92 Å². The summed E-state index contributed by atoms with van der Waals surface area (Å²) in [5.41, 5.74) is 3.95. The fourth-order valence-corrected chi connectivity index (χ4v) is 4.17. The Morgan fingerprint density at radius 1 is 1.09 bits per heavy atom. The van der Waals surface area contributed by atoms with Gasteiger partial charge in [-0.2, -0.15) is 5.10 Å². The van der Waals surface area contributed by atoms with Gasteiger partial charge in [-0.15, -0.1) is 0 Å². The predicted octanol–water partition coefficient (Wildman–Crippen LogP) is 3.10. The van der Waals surface area contributed by atoms with E-state index in [9.17, 15) is 0 Å². The van der Waals surface area contributed by atoms with Crippen molar-refractivity contribution < 1.29 is 4.74 Å². The Hall–Kier alpha value is -4.38. The van der Waals surface area contributed by atoms with E-state index in [4.69, 9.17) is 9.72 Å². The summed E-state index contributed by atoms with van der Waals surface area (Å²) in [4.78, 5) is 24.5. The van der Waals surface area contributed by atoms with Crippen LogP contribution < -0.4 is 20.3 Å². The number of rotatable bonds is 5. The van der Waals surface area contributed by atoms with Gasteiger partial charge < -0.3 is 20.3 Å². The van der Waals surface area contributed by atoms with Crippen molar-refractivity contribution in [3.05, 3.63) is 60.9 Å². The second-order valence-corrected chi connectivity index (χ2v) is 8.56. The summed E-state index contributed by atoms with van der Waals surface area (Å²) >= 11 is 0. The van der Waals surface area contributed by atoms with Crippen molar-refractivity contribution in [2.45, 2.75) is 19.9 Å². The lowest BCUT2D eigenvalue weighted by Gasteiger charge is -2.31. The number of hydrogen-bond donors (Lipinski definition) is 2. The van der Waals surface area contributed by atoms with Crippen LogP contribution in [0.3, 0.4) is 0 Å². The fraction of sp³-hybridized carbons (Fsp3) is 0.250. The van der Waals surface area contributed by atoms with E-state index in [-0.39, 0.29) is 0 Å². The van der Waals surface area contributed by atoms with E-state index in [2.05, 4.69) is 47.5 Å². The van der Waals surface area contributed by atoms with Crippen molar-refractivity contribution in [2.24, 2.45) is 0 Å². The maximum atomic E-state index is 6.09. The first-order valence-corrected chi connectivity index (χ1v) is 11.4. The second kappa shape index (κ2) is 8.76. The molecule has 35 heavy (non-hydrogen) atoms. The Bertz CT molecular complexity index is 1520. The van der Waals surface area contributed by atoms with Crippen molar-refractivity contribution in [1.82, 2.24) is 39.9 Å². The number of nitrogens with one attached hydrogen (secondary N) is 2. The summed E-state index contributed by atoms with van der Waals surface area (Å²) in [5, 5.41) is 10.9.